The number of carboxylic acids is 4. The topological polar surface area (TPSA) is 378 Å². The minimum absolute atomic E-state index is 0. The molecule has 0 radical (unpaired) electrons. The average molecular weight is 1920 g/mol. The van der Waals surface area contributed by atoms with Crippen molar-refractivity contribution in [2.24, 2.45) is 0 Å². The van der Waals surface area contributed by atoms with E-state index < -0.39 is 48.0 Å². The Morgan fingerprint density at radius 2 is 0.679 bits per heavy atom. The molecule has 34 heteroatoms. The van der Waals surface area contributed by atoms with Gasteiger partial charge in [-0.15, -0.1) is 0 Å². The Labute approximate surface area is 805 Å². The molecule has 8 amide bonds. The van der Waals surface area contributed by atoms with Crippen molar-refractivity contribution in [1.29, 1.82) is 0 Å². The van der Waals surface area contributed by atoms with Crippen molar-refractivity contribution >= 4 is 140 Å². The minimum atomic E-state index is -1.09. The predicted molar refractivity (Wildman–Crippen MR) is 520 cm³/mol. The van der Waals surface area contributed by atoms with E-state index in [4.69, 9.17) is 56.6 Å². The summed E-state index contributed by atoms with van der Waals surface area (Å²) in [5.41, 5.74) is 11.6. The van der Waals surface area contributed by atoms with E-state index in [1.807, 2.05) is 83.1 Å². The zero-order valence-corrected chi connectivity index (χ0v) is 79.2. The van der Waals surface area contributed by atoms with Gasteiger partial charge in [-0.05, 0) is 248 Å². The highest BCUT2D eigenvalue weighted by molar-refractivity contribution is 6.32. The molecule has 2 aromatic heterocycles. The van der Waals surface area contributed by atoms with Gasteiger partial charge in [-0.2, -0.15) is 0 Å². The predicted octanol–water partition coefficient (Wildman–Crippen LogP) is 16.3. The summed E-state index contributed by atoms with van der Waals surface area (Å²) in [5, 5.41) is 51.2. The first-order valence-corrected chi connectivity index (χ1v) is 47.3. The van der Waals surface area contributed by atoms with E-state index in [0.717, 1.165) is 178 Å². The summed E-state index contributed by atoms with van der Waals surface area (Å²) in [4.78, 5) is 169. The number of rotatable bonds is 25. The number of piperidine rings is 4. The monoisotopic (exact) mass is 1920 g/mol. The first kappa shape index (κ1) is 99.9. The molecule has 0 spiro atoms. The molecule has 10 heterocycles. The van der Waals surface area contributed by atoms with Gasteiger partial charge in [0.05, 0.1) is 22.4 Å². The van der Waals surface area contributed by atoms with Gasteiger partial charge in [0.25, 0.3) is 0 Å². The summed E-state index contributed by atoms with van der Waals surface area (Å²) in [5.74, 6) is -5.11. The van der Waals surface area contributed by atoms with Crippen LogP contribution in [-0.4, -0.2) is 241 Å². The highest BCUT2D eigenvalue weighted by atomic mass is 35.5. The van der Waals surface area contributed by atoms with E-state index >= 15 is 0 Å². The van der Waals surface area contributed by atoms with Gasteiger partial charge < -0.3 is 65.9 Å². The molecule has 134 heavy (non-hydrogen) atoms. The minimum Gasteiger partial charge on any atom is -0.478 e. The molecule has 8 aliphatic rings. The van der Waals surface area contributed by atoms with Crippen molar-refractivity contribution in [1.82, 2.24) is 48.8 Å². The number of carbonyl (C=O) groups excluding carboxylic acids is 8. The lowest BCUT2D eigenvalue weighted by Gasteiger charge is -2.39. The van der Waals surface area contributed by atoms with Gasteiger partial charge in [0.1, 0.15) is 35.7 Å². The van der Waals surface area contributed by atoms with E-state index in [0.29, 0.717) is 75.0 Å². The number of aromatic nitrogens is 2. The third-order valence-electron chi connectivity index (χ3n) is 26.5. The molecule has 8 fully saturated rings. The average Bonchev–Trinajstić information content (AvgIpc) is 1.66. The Kier molecular flexibility index (Phi) is 34.0. The fraction of sp³-hybridized carbons (Fsp3) is 0.430. The lowest BCUT2D eigenvalue weighted by atomic mass is 10.0. The lowest BCUT2D eigenvalue weighted by molar-refractivity contribution is -0.136. The molecule has 8 aromatic rings. The maximum absolute atomic E-state index is 13.1. The number of carboxylic acid groups (broad SMARTS) is 4. The van der Waals surface area contributed by atoms with Crippen LogP contribution in [0.1, 0.15) is 207 Å². The molecule has 8 N–H and O–H groups in total. The number of amides is 8. The molecule has 30 nitrogen and oxygen atoms in total. The summed E-state index contributed by atoms with van der Waals surface area (Å²) in [6, 6.07) is 37.3. The van der Waals surface area contributed by atoms with E-state index in [-0.39, 0.29) is 105 Å². The number of hydrogen-bond acceptors (Lipinski definition) is 17. The quantitative estimate of drug-likeness (QED) is 0.0263. The van der Waals surface area contributed by atoms with Crippen molar-refractivity contribution < 1.29 is 83.7 Å². The number of nitrogens with zero attached hydrogens (tertiary/aromatic N) is 10. The van der Waals surface area contributed by atoms with Gasteiger partial charge in [0, 0.05) is 184 Å². The molecule has 16 rings (SSSR count). The maximum Gasteiger partial charge on any atom is 0.352 e. The van der Waals surface area contributed by atoms with Crippen LogP contribution in [0.2, 0.25) is 20.1 Å². The largest absolute Gasteiger partial charge is 0.478 e. The van der Waals surface area contributed by atoms with Crippen LogP contribution in [0, 0.1) is 34.6 Å². The summed E-state index contributed by atoms with van der Waals surface area (Å²) >= 11 is 24.5. The first-order chi connectivity index (χ1) is 64.1. The zero-order valence-electron chi connectivity index (χ0n) is 76.2. The number of nitrogens with one attached hydrogen (secondary N) is 4. The third kappa shape index (κ3) is 25.7. The van der Waals surface area contributed by atoms with Crippen molar-refractivity contribution in [3.63, 3.8) is 0 Å². The number of hydrogen-bond donors (Lipinski definition) is 8. The first-order valence-electron chi connectivity index (χ1n) is 45.8. The molecular weight excluding hydrogens is 1790 g/mol. The van der Waals surface area contributed by atoms with Crippen LogP contribution in [0.15, 0.2) is 146 Å². The summed E-state index contributed by atoms with van der Waals surface area (Å²) in [6.07, 6.45) is 12.8. The van der Waals surface area contributed by atoms with Crippen LogP contribution in [0.4, 0.5) is 22.9 Å². The molecule has 4 atom stereocenters. The number of aryl methyl sites for hydroxylation is 6. The summed E-state index contributed by atoms with van der Waals surface area (Å²) < 4.78 is 1.58. The van der Waals surface area contributed by atoms with Crippen molar-refractivity contribution in [3.05, 3.63) is 238 Å². The summed E-state index contributed by atoms with van der Waals surface area (Å²) in [6.45, 7) is 22.2. The highest BCUT2D eigenvalue weighted by Crippen LogP contribution is 2.36. The van der Waals surface area contributed by atoms with Crippen LogP contribution < -0.4 is 21.3 Å². The molecule has 0 bridgehead atoms. The molecule has 8 saturated heterocycles. The molecule has 0 aliphatic carbocycles. The number of likely N-dealkylation sites (tertiary alicyclic amines) is 8. The fourth-order valence-corrected chi connectivity index (χ4v) is 20.1. The summed E-state index contributed by atoms with van der Waals surface area (Å²) in [7, 11) is 0. The maximum atomic E-state index is 13.1. The van der Waals surface area contributed by atoms with Gasteiger partial charge in [0.2, 0.25) is 47.3 Å². The third-order valence-corrected chi connectivity index (χ3v) is 28.2. The van der Waals surface area contributed by atoms with E-state index in [9.17, 15) is 67.7 Å². The van der Waals surface area contributed by atoms with Gasteiger partial charge in [-0.25, -0.2) is 24.2 Å². The normalized spacial score (nSPS) is 19.6. The van der Waals surface area contributed by atoms with Gasteiger partial charge in [0.15, 0.2) is 0 Å². The fourth-order valence-electron chi connectivity index (χ4n) is 19.6. The van der Waals surface area contributed by atoms with Crippen molar-refractivity contribution in [2.75, 3.05) is 73.6 Å². The molecule has 0 saturated carbocycles. The lowest BCUT2D eigenvalue weighted by Crippen LogP contribution is -2.51. The van der Waals surface area contributed by atoms with Gasteiger partial charge >= 0.3 is 23.9 Å². The molecule has 6 aromatic carbocycles. The van der Waals surface area contributed by atoms with Gasteiger partial charge in [-0.3, -0.25) is 58.0 Å². The second kappa shape index (κ2) is 45.6. The van der Waals surface area contributed by atoms with Crippen LogP contribution in [-0.2, 0) is 71.1 Å². The zero-order chi connectivity index (χ0) is 95.9. The standard InChI is InChI=1S/C26H30ClN3O4.C25H31ClN4O4.C25H28ClN3O4.C24H27ClN4O4.4H2/c1-16-11-19(26(33)34)14-20(12-16)28-25(32)23-5-6-24(31)30(23)21-7-9-29(10-8-21)15-18-3-4-22(27)17(2)13-18;1-3-29-15-18(13-22(29)25(33)34)27-24(32)21-6-7-23(31)30(21)19-8-10-28(11-9-19)14-17-4-5-20(26)16(2)12-17;1-16-13-17(5-6-21(16)26)15-28-11-9-20(10-12-28)29-22(7-8-23(29)30)24(31)27-19-4-2-3-18(14-19)25(32)33;1-15-12-16(2-3-19(15)25)14-28-10-7-18(8-11-28)29-20(4-5-22(29)30)23(31)27-21-13-17(24(32)33)6-9-26-21;;;;/h3-4,11-14,21,23H,5-10,15H2,1-2H3,(H,28,32)(H,33,34);4-5,12-13,15,19,21H,3,6-11,14H2,1-2H3,(H,27,32)(H,33,34);2-6,13-14,20,22H,7-12,15H2,1H3,(H,27,31)(H,32,33);2-3,6,9,12-13,18,20H,4-5,7-8,10-11,14H2,1H3,(H,32,33)(H,26,27,31);4*1H/t23-;21-;22-;20-;;;;/m1111..../s1. The van der Waals surface area contributed by atoms with Crippen LogP contribution in [0.25, 0.3) is 0 Å². The van der Waals surface area contributed by atoms with Crippen molar-refractivity contribution in [3.8, 4) is 0 Å². The Morgan fingerprint density at radius 1 is 0.358 bits per heavy atom. The second-order valence-electron chi connectivity index (χ2n) is 36.0. The van der Waals surface area contributed by atoms with E-state index in [1.54, 1.807) is 61.6 Å². The van der Waals surface area contributed by atoms with Crippen LogP contribution in [0.5, 0.6) is 0 Å². The van der Waals surface area contributed by atoms with Gasteiger partial charge in [-0.1, -0.05) is 101 Å². The second-order valence-corrected chi connectivity index (χ2v) is 37.6. The Balaban J connectivity index is 0.000000204. The highest BCUT2D eigenvalue weighted by Gasteiger charge is 2.46. The molecule has 718 valence electrons. The Hall–Kier alpha value is -11.6. The Bertz CT molecular complexity index is 5560. The number of pyridine rings is 1. The molecule has 8 aliphatic heterocycles. The number of aromatic carboxylic acids is 4. The Morgan fingerprint density at radius 3 is 1.00 bits per heavy atom. The van der Waals surface area contributed by atoms with Crippen LogP contribution >= 0.6 is 46.4 Å². The molecule has 0 unspecified atom stereocenters. The number of benzene rings is 6. The number of anilines is 4. The molecular formula is C100H124Cl4N14O16. The van der Waals surface area contributed by atoms with E-state index in [1.165, 1.54) is 64.8 Å². The van der Waals surface area contributed by atoms with E-state index in [2.05, 4.69) is 70.1 Å². The van der Waals surface area contributed by atoms with Crippen molar-refractivity contribution in [2.45, 2.75) is 225 Å². The van der Waals surface area contributed by atoms with Crippen LogP contribution in [0.3, 0.4) is 0 Å². The number of halogens is 4. The smallest absolute Gasteiger partial charge is 0.352 e. The SMILES string of the molecule is CCn1cc(NC(=O)[C@H]2CCC(=O)N2C2CCN(Cc3ccc(Cl)c(C)c3)CC2)cc1C(=O)O.Cc1cc(CN2CCC(N3C(=O)CC[C@@H]3C(=O)Nc3cc(C(=O)O)ccn3)CC2)ccc1Cl.Cc1cc(CN2CCC(N3C(=O)CC[C@@H]3C(=O)Nc3cccc(C(=O)O)c3)CC2)ccc1Cl.Cc1cc(NC(=O)[C@H]2CCC(=O)N2C2CCN(Cc3ccc(Cl)c(C)c3)CC2)cc(C(=O)O)c1.[HH].[HH].[HH].[HH]. The number of carbonyl (C=O) groups is 12.